The van der Waals surface area contributed by atoms with Crippen molar-refractivity contribution < 1.29 is 9.53 Å². The van der Waals surface area contributed by atoms with E-state index in [0.29, 0.717) is 19.6 Å². The molecule has 0 fully saturated rings. The summed E-state index contributed by atoms with van der Waals surface area (Å²) in [6.07, 6.45) is 0.665. The normalized spacial score (nSPS) is 12.6. The van der Waals surface area contributed by atoms with E-state index in [-0.39, 0.29) is 11.9 Å². The van der Waals surface area contributed by atoms with Gasteiger partial charge in [0.25, 0.3) is 0 Å². The minimum Gasteiger partial charge on any atom is -0.383 e. The first-order chi connectivity index (χ1) is 5.22. The van der Waals surface area contributed by atoms with Crippen LogP contribution in [-0.4, -0.2) is 32.2 Å². The lowest BCUT2D eigenvalue weighted by atomic mass is 10.2. The second-order valence-corrected chi connectivity index (χ2v) is 2.30. The van der Waals surface area contributed by atoms with E-state index in [1.807, 2.05) is 6.92 Å². The molecule has 1 amide bonds. The molecule has 3 N–H and O–H groups in total. The largest absolute Gasteiger partial charge is 0.383 e. The van der Waals surface area contributed by atoms with Crippen molar-refractivity contribution >= 4 is 5.91 Å². The van der Waals surface area contributed by atoms with Gasteiger partial charge in [0.1, 0.15) is 0 Å². The molecule has 0 aliphatic heterocycles. The minimum absolute atomic E-state index is 0.107. The van der Waals surface area contributed by atoms with Crippen molar-refractivity contribution in [3.63, 3.8) is 0 Å². The SMILES string of the molecule is CCC(N)C(=O)NCCOC. The Morgan fingerprint density at radius 1 is 1.73 bits per heavy atom. The van der Waals surface area contributed by atoms with Gasteiger partial charge in [-0.05, 0) is 6.42 Å². The Hall–Kier alpha value is -0.610. The monoisotopic (exact) mass is 160 g/mol. The number of nitrogens with two attached hydrogens (primary N) is 1. The smallest absolute Gasteiger partial charge is 0.236 e. The van der Waals surface area contributed by atoms with E-state index in [1.54, 1.807) is 7.11 Å². The Bertz CT molecular complexity index is 117. The quantitative estimate of drug-likeness (QED) is 0.532. The highest BCUT2D eigenvalue weighted by Gasteiger charge is 2.08. The highest BCUT2D eigenvalue weighted by atomic mass is 16.5. The van der Waals surface area contributed by atoms with Crippen molar-refractivity contribution in [3.05, 3.63) is 0 Å². The molecule has 0 saturated carbocycles. The average Bonchev–Trinajstić information content (AvgIpc) is 2.03. The first-order valence-corrected chi connectivity index (χ1v) is 3.74. The van der Waals surface area contributed by atoms with E-state index in [0.717, 1.165) is 0 Å². The van der Waals surface area contributed by atoms with E-state index >= 15 is 0 Å². The molecule has 0 rings (SSSR count). The van der Waals surface area contributed by atoms with Crippen LogP contribution in [0.5, 0.6) is 0 Å². The molecular weight excluding hydrogens is 144 g/mol. The van der Waals surface area contributed by atoms with Crippen LogP contribution in [0.2, 0.25) is 0 Å². The highest BCUT2D eigenvalue weighted by molar-refractivity contribution is 5.81. The summed E-state index contributed by atoms with van der Waals surface area (Å²) in [4.78, 5) is 11.0. The summed E-state index contributed by atoms with van der Waals surface area (Å²) in [6, 6.07) is -0.383. The minimum atomic E-state index is -0.383. The number of hydrogen-bond donors (Lipinski definition) is 2. The first kappa shape index (κ1) is 10.4. The van der Waals surface area contributed by atoms with Crippen LogP contribution in [0.3, 0.4) is 0 Å². The lowest BCUT2D eigenvalue weighted by molar-refractivity contribution is -0.122. The molecule has 4 nitrogen and oxygen atoms in total. The van der Waals surface area contributed by atoms with Crippen molar-refractivity contribution in [2.75, 3.05) is 20.3 Å². The van der Waals surface area contributed by atoms with Crippen LogP contribution in [0, 0.1) is 0 Å². The van der Waals surface area contributed by atoms with Gasteiger partial charge in [-0.25, -0.2) is 0 Å². The number of rotatable bonds is 5. The zero-order valence-corrected chi connectivity index (χ0v) is 7.09. The van der Waals surface area contributed by atoms with E-state index < -0.39 is 0 Å². The molecule has 66 valence electrons. The third-order valence-electron chi connectivity index (χ3n) is 1.38. The summed E-state index contributed by atoms with van der Waals surface area (Å²) in [5.74, 6) is -0.107. The molecular formula is C7H16N2O2. The van der Waals surface area contributed by atoms with Crippen molar-refractivity contribution in [1.29, 1.82) is 0 Å². The van der Waals surface area contributed by atoms with Crippen LogP contribution < -0.4 is 11.1 Å². The summed E-state index contributed by atoms with van der Waals surface area (Å²) in [5, 5.41) is 2.65. The maximum Gasteiger partial charge on any atom is 0.236 e. The predicted molar refractivity (Wildman–Crippen MR) is 43.2 cm³/mol. The third-order valence-corrected chi connectivity index (χ3v) is 1.38. The number of carbonyl (C=O) groups excluding carboxylic acids is 1. The van der Waals surface area contributed by atoms with Gasteiger partial charge in [0.2, 0.25) is 5.91 Å². The van der Waals surface area contributed by atoms with E-state index in [9.17, 15) is 4.79 Å². The maximum atomic E-state index is 11.0. The van der Waals surface area contributed by atoms with Crippen molar-refractivity contribution in [2.24, 2.45) is 5.73 Å². The Morgan fingerprint density at radius 2 is 2.36 bits per heavy atom. The highest BCUT2D eigenvalue weighted by Crippen LogP contribution is 1.84. The summed E-state index contributed by atoms with van der Waals surface area (Å²) in [6.45, 7) is 2.94. The Morgan fingerprint density at radius 3 is 2.82 bits per heavy atom. The van der Waals surface area contributed by atoms with Gasteiger partial charge in [-0.1, -0.05) is 6.92 Å². The van der Waals surface area contributed by atoms with E-state index in [4.69, 9.17) is 10.5 Å². The Kier molecular flexibility index (Phi) is 5.78. The van der Waals surface area contributed by atoms with Gasteiger partial charge in [0.05, 0.1) is 12.6 Å². The molecule has 0 heterocycles. The van der Waals surface area contributed by atoms with Crippen LogP contribution in [0.1, 0.15) is 13.3 Å². The predicted octanol–water partition coefficient (Wildman–Crippen LogP) is -0.514. The van der Waals surface area contributed by atoms with Crippen molar-refractivity contribution in [3.8, 4) is 0 Å². The molecule has 4 heteroatoms. The first-order valence-electron chi connectivity index (χ1n) is 3.74. The Labute approximate surface area is 67.1 Å². The number of carbonyl (C=O) groups is 1. The molecule has 11 heavy (non-hydrogen) atoms. The molecule has 0 aromatic rings. The molecule has 0 aromatic heterocycles. The fourth-order valence-electron chi connectivity index (χ4n) is 0.593. The fraction of sp³-hybridized carbons (Fsp3) is 0.857. The maximum absolute atomic E-state index is 11.0. The number of nitrogens with one attached hydrogen (secondary N) is 1. The van der Waals surface area contributed by atoms with Gasteiger partial charge in [-0.2, -0.15) is 0 Å². The van der Waals surface area contributed by atoms with Gasteiger partial charge in [-0.15, -0.1) is 0 Å². The molecule has 1 unspecified atom stereocenters. The average molecular weight is 160 g/mol. The lowest BCUT2D eigenvalue weighted by Gasteiger charge is -2.08. The second-order valence-electron chi connectivity index (χ2n) is 2.30. The number of methoxy groups -OCH3 is 1. The molecule has 0 aromatic carbocycles. The van der Waals surface area contributed by atoms with Gasteiger partial charge in [0, 0.05) is 13.7 Å². The molecule has 0 radical (unpaired) electrons. The number of ether oxygens (including phenoxy) is 1. The molecule has 1 atom stereocenters. The molecule has 0 aliphatic carbocycles. The van der Waals surface area contributed by atoms with Crippen LogP contribution in [0.4, 0.5) is 0 Å². The molecule has 0 aliphatic rings. The van der Waals surface area contributed by atoms with Crippen LogP contribution >= 0.6 is 0 Å². The van der Waals surface area contributed by atoms with Gasteiger partial charge in [-0.3, -0.25) is 4.79 Å². The lowest BCUT2D eigenvalue weighted by Crippen LogP contribution is -2.41. The second kappa shape index (κ2) is 6.12. The molecule has 0 bridgehead atoms. The van der Waals surface area contributed by atoms with Gasteiger partial charge >= 0.3 is 0 Å². The number of hydrogen-bond acceptors (Lipinski definition) is 3. The summed E-state index contributed by atoms with van der Waals surface area (Å²) in [5.41, 5.74) is 5.45. The van der Waals surface area contributed by atoms with Crippen molar-refractivity contribution in [2.45, 2.75) is 19.4 Å². The summed E-state index contributed by atoms with van der Waals surface area (Å²) < 4.78 is 4.75. The van der Waals surface area contributed by atoms with Gasteiger partial charge < -0.3 is 15.8 Å². The van der Waals surface area contributed by atoms with E-state index in [2.05, 4.69) is 5.32 Å². The standard InChI is InChI=1S/C7H16N2O2/c1-3-6(8)7(10)9-4-5-11-2/h6H,3-5,8H2,1-2H3,(H,9,10). The molecule has 0 saturated heterocycles. The van der Waals surface area contributed by atoms with Crippen LogP contribution in [0.15, 0.2) is 0 Å². The van der Waals surface area contributed by atoms with Crippen molar-refractivity contribution in [1.82, 2.24) is 5.32 Å². The zero-order chi connectivity index (χ0) is 8.69. The fourth-order valence-corrected chi connectivity index (χ4v) is 0.593. The number of amides is 1. The summed E-state index contributed by atoms with van der Waals surface area (Å²) in [7, 11) is 1.59. The van der Waals surface area contributed by atoms with E-state index in [1.165, 1.54) is 0 Å². The zero-order valence-electron chi connectivity index (χ0n) is 7.09. The molecule has 0 spiro atoms. The van der Waals surface area contributed by atoms with Crippen LogP contribution in [-0.2, 0) is 9.53 Å². The Balaban J connectivity index is 3.36. The van der Waals surface area contributed by atoms with Crippen LogP contribution in [0.25, 0.3) is 0 Å². The van der Waals surface area contributed by atoms with Gasteiger partial charge in [0.15, 0.2) is 0 Å². The third kappa shape index (κ3) is 4.75. The topological polar surface area (TPSA) is 64.4 Å². The summed E-state index contributed by atoms with van der Waals surface area (Å²) >= 11 is 0.